The molecule has 20 heavy (non-hydrogen) atoms. The summed E-state index contributed by atoms with van der Waals surface area (Å²) < 4.78 is 5.21. The SMILES string of the molecule is Cc1ccnc(NCCC(=O)N2CCOCC2)c1C#N. The Morgan fingerprint density at radius 1 is 1.55 bits per heavy atom. The van der Waals surface area contributed by atoms with Crippen LogP contribution in [0.25, 0.3) is 0 Å². The van der Waals surface area contributed by atoms with E-state index < -0.39 is 0 Å². The Balaban J connectivity index is 1.85. The monoisotopic (exact) mass is 274 g/mol. The zero-order valence-corrected chi connectivity index (χ0v) is 11.6. The Morgan fingerprint density at radius 2 is 2.30 bits per heavy atom. The fourth-order valence-electron chi connectivity index (χ4n) is 2.09. The third kappa shape index (κ3) is 3.45. The van der Waals surface area contributed by atoms with Crippen LogP contribution in [-0.4, -0.2) is 48.6 Å². The normalized spacial score (nSPS) is 14.7. The maximum atomic E-state index is 12.0. The first-order valence-corrected chi connectivity index (χ1v) is 6.67. The number of aryl methyl sites for hydroxylation is 1. The van der Waals surface area contributed by atoms with Crippen LogP contribution in [-0.2, 0) is 9.53 Å². The molecule has 1 aromatic rings. The fraction of sp³-hybridized carbons (Fsp3) is 0.500. The maximum Gasteiger partial charge on any atom is 0.224 e. The van der Waals surface area contributed by atoms with Crippen molar-refractivity contribution in [3.63, 3.8) is 0 Å². The number of ether oxygens (including phenoxy) is 1. The molecule has 1 saturated heterocycles. The molecule has 0 aliphatic carbocycles. The van der Waals surface area contributed by atoms with Gasteiger partial charge >= 0.3 is 0 Å². The molecule has 0 unspecified atom stereocenters. The number of aromatic nitrogens is 1. The van der Waals surface area contributed by atoms with E-state index in [0.717, 1.165) is 5.56 Å². The van der Waals surface area contributed by atoms with Gasteiger partial charge in [-0.15, -0.1) is 0 Å². The van der Waals surface area contributed by atoms with Crippen LogP contribution in [0, 0.1) is 18.3 Å². The van der Waals surface area contributed by atoms with Crippen molar-refractivity contribution in [1.82, 2.24) is 9.88 Å². The Kier molecular flexibility index (Phi) is 4.91. The van der Waals surface area contributed by atoms with Crippen molar-refractivity contribution >= 4 is 11.7 Å². The van der Waals surface area contributed by atoms with E-state index in [1.807, 2.05) is 6.92 Å². The smallest absolute Gasteiger partial charge is 0.224 e. The molecule has 0 radical (unpaired) electrons. The Morgan fingerprint density at radius 3 is 3.00 bits per heavy atom. The second-order valence-electron chi connectivity index (χ2n) is 4.63. The van der Waals surface area contributed by atoms with E-state index in [2.05, 4.69) is 16.4 Å². The molecule has 0 bridgehead atoms. The summed E-state index contributed by atoms with van der Waals surface area (Å²) in [7, 11) is 0. The minimum Gasteiger partial charge on any atom is -0.378 e. The van der Waals surface area contributed by atoms with Crippen LogP contribution in [0.5, 0.6) is 0 Å². The number of nitriles is 1. The molecule has 106 valence electrons. The lowest BCUT2D eigenvalue weighted by Gasteiger charge is -2.26. The van der Waals surface area contributed by atoms with Crippen LogP contribution in [0.3, 0.4) is 0 Å². The van der Waals surface area contributed by atoms with Crippen molar-refractivity contribution in [3.8, 4) is 6.07 Å². The molecule has 2 rings (SSSR count). The van der Waals surface area contributed by atoms with Crippen LogP contribution < -0.4 is 5.32 Å². The maximum absolute atomic E-state index is 12.0. The molecular weight excluding hydrogens is 256 g/mol. The summed E-state index contributed by atoms with van der Waals surface area (Å²) in [4.78, 5) is 17.9. The van der Waals surface area contributed by atoms with Gasteiger partial charge in [-0.05, 0) is 18.6 Å². The summed E-state index contributed by atoms with van der Waals surface area (Å²) in [6, 6.07) is 3.92. The minimum atomic E-state index is 0.104. The molecule has 1 fully saturated rings. The highest BCUT2D eigenvalue weighted by molar-refractivity contribution is 5.76. The summed E-state index contributed by atoms with van der Waals surface area (Å²) in [5.41, 5.74) is 1.41. The van der Waals surface area contributed by atoms with Crippen molar-refractivity contribution in [3.05, 3.63) is 23.4 Å². The summed E-state index contributed by atoms with van der Waals surface area (Å²) >= 11 is 0. The van der Waals surface area contributed by atoms with Gasteiger partial charge in [0.25, 0.3) is 0 Å². The highest BCUT2D eigenvalue weighted by atomic mass is 16.5. The van der Waals surface area contributed by atoms with Crippen molar-refractivity contribution in [2.24, 2.45) is 0 Å². The van der Waals surface area contributed by atoms with E-state index in [-0.39, 0.29) is 5.91 Å². The predicted molar refractivity (Wildman–Crippen MR) is 74.2 cm³/mol. The lowest BCUT2D eigenvalue weighted by Crippen LogP contribution is -2.41. The average molecular weight is 274 g/mol. The topological polar surface area (TPSA) is 78.2 Å². The van der Waals surface area contributed by atoms with Crippen molar-refractivity contribution in [1.29, 1.82) is 5.26 Å². The molecule has 1 amide bonds. The second-order valence-corrected chi connectivity index (χ2v) is 4.63. The number of nitrogens with one attached hydrogen (secondary N) is 1. The van der Waals surface area contributed by atoms with Crippen molar-refractivity contribution in [2.45, 2.75) is 13.3 Å². The van der Waals surface area contributed by atoms with E-state index in [1.165, 1.54) is 0 Å². The zero-order chi connectivity index (χ0) is 14.4. The quantitative estimate of drug-likeness (QED) is 0.883. The van der Waals surface area contributed by atoms with Gasteiger partial charge in [0.1, 0.15) is 11.9 Å². The molecule has 0 spiro atoms. The molecule has 2 heterocycles. The van der Waals surface area contributed by atoms with E-state index in [1.54, 1.807) is 17.2 Å². The highest BCUT2D eigenvalue weighted by Gasteiger charge is 2.16. The number of pyridine rings is 1. The van der Waals surface area contributed by atoms with Gasteiger partial charge < -0.3 is 15.0 Å². The molecule has 0 saturated carbocycles. The summed E-state index contributed by atoms with van der Waals surface area (Å²) in [6.07, 6.45) is 2.04. The van der Waals surface area contributed by atoms with E-state index >= 15 is 0 Å². The van der Waals surface area contributed by atoms with Crippen LogP contribution >= 0.6 is 0 Å². The fourth-order valence-corrected chi connectivity index (χ4v) is 2.09. The number of amides is 1. The first kappa shape index (κ1) is 14.3. The third-order valence-electron chi connectivity index (χ3n) is 3.27. The number of carbonyl (C=O) groups excluding carboxylic acids is 1. The van der Waals surface area contributed by atoms with Crippen LogP contribution in [0.1, 0.15) is 17.5 Å². The van der Waals surface area contributed by atoms with Gasteiger partial charge in [-0.1, -0.05) is 0 Å². The number of hydrogen-bond acceptors (Lipinski definition) is 5. The van der Waals surface area contributed by atoms with Crippen molar-refractivity contribution < 1.29 is 9.53 Å². The van der Waals surface area contributed by atoms with Crippen LogP contribution in [0.2, 0.25) is 0 Å². The molecule has 6 nitrogen and oxygen atoms in total. The van der Waals surface area contributed by atoms with Crippen molar-refractivity contribution in [2.75, 3.05) is 38.2 Å². The Bertz CT molecular complexity index is 518. The first-order chi connectivity index (χ1) is 9.72. The van der Waals surface area contributed by atoms with Gasteiger partial charge in [0, 0.05) is 32.3 Å². The molecule has 1 aromatic heterocycles. The first-order valence-electron chi connectivity index (χ1n) is 6.67. The number of nitrogens with zero attached hydrogens (tertiary/aromatic N) is 3. The van der Waals surface area contributed by atoms with Crippen LogP contribution in [0.15, 0.2) is 12.3 Å². The molecular formula is C14H18N4O2. The van der Waals surface area contributed by atoms with Gasteiger partial charge in [-0.25, -0.2) is 4.98 Å². The average Bonchev–Trinajstić information content (AvgIpc) is 2.48. The van der Waals surface area contributed by atoms with Gasteiger partial charge in [-0.2, -0.15) is 5.26 Å². The zero-order valence-electron chi connectivity index (χ0n) is 11.6. The van der Waals surface area contributed by atoms with Crippen LogP contribution in [0.4, 0.5) is 5.82 Å². The summed E-state index contributed by atoms with van der Waals surface area (Å²) in [5.74, 6) is 0.647. The molecule has 1 aliphatic rings. The number of anilines is 1. The molecule has 0 atom stereocenters. The largest absolute Gasteiger partial charge is 0.378 e. The highest BCUT2D eigenvalue weighted by Crippen LogP contribution is 2.15. The predicted octanol–water partition coefficient (Wildman–Crippen LogP) is 0.922. The minimum absolute atomic E-state index is 0.104. The lowest BCUT2D eigenvalue weighted by molar-refractivity contribution is -0.134. The molecule has 6 heteroatoms. The van der Waals surface area contributed by atoms with Gasteiger partial charge in [0.05, 0.1) is 18.8 Å². The summed E-state index contributed by atoms with van der Waals surface area (Å²) in [5, 5.41) is 12.2. The number of hydrogen-bond donors (Lipinski definition) is 1. The lowest BCUT2D eigenvalue weighted by atomic mass is 10.1. The Hall–Kier alpha value is -2.13. The summed E-state index contributed by atoms with van der Waals surface area (Å²) in [6.45, 7) is 4.87. The molecule has 1 N–H and O–H groups in total. The van der Waals surface area contributed by atoms with Gasteiger partial charge in [-0.3, -0.25) is 4.79 Å². The van der Waals surface area contributed by atoms with E-state index in [0.29, 0.717) is 50.7 Å². The number of rotatable bonds is 4. The number of carbonyl (C=O) groups is 1. The van der Waals surface area contributed by atoms with E-state index in [9.17, 15) is 4.79 Å². The molecule has 1 aliphatic heterocycles. The standard InChI is InChI=1S/C14H18N4O2/c1-11-2-4-16-14(12(11)10-15)17-5-3-13(19)18-6-8-20-9-7-18/h2,4H,3,5-9H2,1H3,(H,16,17). The third-order valence-corrected chi connectivity index (χ3v) is 3.27. The van der Waals surface area contributed by atoms with Gasteiger partial charge in [0.15, 0.2) is 0 Å². The Labute approximate surface area is 118 Å². The second kappa shape index (κ2) is 6.87. The molecule has 0 aromatic carbocycles. The van der Waals surface area contributed by atoms with Gasteiger partial charge in [0.2, 0.25) is 5.91 Å². The van der Waals surface area contributed by atoms with E-state index in [4.69, 9.17) is 10.00 Å². The number of morpholine rings is 1.